The number of para-hydroxylation sites is 1. The summed E-state index contributed by atoms with van der Waals surface area (Å²) in [4.78, 5) is 3.34. The van der Waals surface area contributed by atoms with Crippen molar-refractivity contribution in [1.29, 1.82) is 0 Å². The maximum Gasteiger partial charge on any atom is 0.167 e. The van der Waals surface area contributed by atoms with Crippen molar-refractivity contribution in [2.24, 2.45) is 0 Å². The monoisotopic (exact) mass is 478 g/mol. The summed E-state index contributed by atoms with van der Waals surface area (Å²) in [5.74, 6) is 1.52. The summed E-state index contributed by atoms with van der Waals surface area (Å²) < 4.78 is 12.8. The van der Waals surface area contributed by atoms with E-state index in [-0.39, 0.29) is 0 Å². The zero-order chi connectivity index (χ0) is 21.6. The van der Waals surface area contributed by atoms with E-state index in [2.05, 4.69) is 87.9 Å². The molecule has 0 radical (unpaired) electrons. The van der Waals surface area contributed by atoms with Crippen LogP contribution in [-0.2, 0) is 19.6 Å². The van der Waals surface area contributed by atoms with Crippen LogP contribution >= 0.6 is 15.9 Å². The lowest BCUT2D eigenvalue weighted by Gasteiger charge is -2.17. The van der Waals surface area contributed by atoms with Gasteiger partial charge in [-0.25, -0.2) is 0 Å². The molecule has 0 aliphatic heterocycles. The van der Waals surface area contributed by atoms with E-state index >= 15 is 0 Å². The smallest absolute Gasteiger partial charge is 0.167 e. The van der Waals surface area contributed by atoms with E-state index in [1.54, 1.807) is 7.11 Å². The van der Waals surface area contributed by atoms with Crippen molar-refractivity contribution in [2.75, 3.05) is 13.7 Å². The summed E-state index contributed by atoms with van der Waals surface area (Å²) in [6, 6.07) is 20.7. The van der Waals surface area contributed by atoms with E-state index in [1.165, 1.54) is 22.0 Å². The average molecular weight is 479 g/mol. The predicted molar refractivity (Wildman–Crippen MR) is 130 cm³/mol. The minimum Gasteiger partial charge on any atom is -0.493 e. The first-order valence-corrected chi connectivity index (χ1v) is 11.2. The molecule has 4 rings (SSSR count). The number of aromatic nitrogens is 1. The first-order chi connectivity index (χ1) is 15.2. The Hall–Kier alpha value is -2.76. The molecule has 1 heterocycles. The van der Waals surface area contributed by atoms with Gasteiger partial charge in [0.1, 0.15) is 6.61 Å². The Morgan fingerprint density at radius 2 is 1.90 bits per heavy atom. The van der Waals surface area contributed by atoms with Gasteiger partial charge in [-0.3, -0.25) is 0 Å². The van der Waals surface area contributed by atoms with Gasteiger partial charge in [0.15, 0.2) is 11.5 Å². The number of aryl methyl sites for hydroxylation is 1. The lowest BCUT2D eigenvalue weighted by molar-refractivity contribution is 0.280. The Labute approximate surface area is 191 Å². The third-order valence-corrected chi connectivity index (χ3v) is 6.14. The molecule has 0 unspecified atom stereocenters. The third-order valence-electron chi connectivity index (χ3n) is 5.40. The summed E-state index contributed by atoms with van der Waals surface area (Å²) in [5.41, 5.74) is 5.93. The summed E-state index contributed by atoms with van der Waals surface area (Å²) in [7, 11) is 1.68. The lowest BCUT2D eigenvalue weighted by Crippen LogP contribution is -2.18. The molecule has 160 valence electrons. The fraction of sp³-hybridized carbons (Fsp3) is 0.231. The van der Waals surface area contributed by atoms with Crippen LogP contribution in [0.3, 0.4) is 0 Å². The van der Waals surface area contributed by atoms with Gasteiger partial charge in [0.25, 0.3) is 0 Å². The van der Waals surface area contributed by atoms with Crippen molar-refractivity contribution in [1.82, 2.24) is 10.3 Å². The zero-order valence-corrected chi connectivity index (χ0v) is 19.5. The molecule has 0 atom stereocenters. The topological polar surface area (TPSA) is 46.3 Å². The van der Waals surface area contributed by atoms with Gasteiger partial charge >= 0.3 is 0 Å². The summed E-state index contributed by atoms with van der Waals surface area (Å²) in [6.07, 6.45) is 3.05. The molecular weight excluding hydrogens is 452 g/mol. The summed E-state index contributed by atoms with van der Waals surface area (Å²) in [5, 5.41) is 4.85. The highest BCUT2D eigenvalue weighted by atomic mass is 79.9. The highest BCUT2D eigenvalue weighted by Crippen LogP contribution is 2.36. The van der Waals surface area contributed by atoms with E-state index in [1.807, 2.05) is 12.1 Å². The number of methoxy groups -OCH3 is 1. The second kappa shape index (κ2) is 10.0. The number of ether oxygens (including phenoxy) is 2. The lowest BCUT2D eigenvalue weighted by atomic mass is 10.1. The standard InChI is InChI=1S/C26H27BrN2O2/c1-18-6-5-7-19(14-18)17-31-26-22(23(27)10-11-25(26)30-2)16-28-13-12-20-15-29-24-9-4-3-8-21(20)24/h3-11,14-15,28-29H,12-13,16-17H2,1-2H3. The molecule has 4 nitrogen and oxygen atoms in total. The maximum atomic E-state index is 6.24. The largest absolute Gasteiger partial charge is 0.493 e. The van der Waals surface area contributed by atoms with Crippen LogP contribution in [0.15, 0.2) is 71.3 Å². The molecule has 0 fully saturated rings. The Morgan fingerprint density at radius 3 is 2.74 bits per heavy atom. The minimum atomic E-state index is 0.497. The van der Waals surface area contributed by atoms with Crippen molar-refractivity contribution >= 4 is 26.8 Å². The van der Waals surface area contributed by atoms with Crippen molar-refractivity contribution < 1.29 is 9.47 Å². The molecule has 0 aliphatic carbocycles. The molecule has 3 aromatic carbocycles. The van der Waals surface area contributed by atoms with Crippen LogP contribution < -0.4 is 14.8 Å². The Kier molecular flexibility index (Phi) is 6.95. The van der Waals surface area contributed by atoms with Crippen LogP contribution in [0.4, 0.5) is 0 Å². The van der Waals surface area contributed by atoms with Gasteiger partial charge in [-0.05, 0) is 49.2 Å². The number of aromatic amines is 1. The van der Waals surface area contributed by atoms with Crippen molar-refractivity contribution in [3.63, 3.8) is 0 Å². The number of rotatable bonds is 9. The van der Waals surface area contributed by atoms with Crippen LogP contribution in [0.5, 0.6) is 11.5 Å². The van der Waals surface area contributed by atoms with Gasteiger partial charge in [0, 0.05) is 33.7 Å². The number of H-pyrrole nitrogens is 1. The number of hydrogen-bond acceptors (Lipinski definition) is 3. The molecular formula is C26H27BrN2O2. The van der Waals surface area contributed by atoms with Gasteiger partial charge in [-0.15, -0.1) is 0 Å². The highest BCUT2D eigenvalue weighted by Gasteiger charge is 2.15. The molecule has 0 saturated carbocycles. The summed E-state index contributed by atoms with van der Waals surface area (Å²) >= 11 is 3.69. The van der Waals surface area contributed by atoms with E-state index in [4.69, 9.17) is 9.47 Å². The van der Waals surface area contributed by atoms with Crippen molar-refractivity contribution in [2.45, 2.75) is 26.5 Å². The van der Waals surface area contributed by atoms with Crippen LogP contribution in [0.2, 0.25) is 0 Å². The molecule has 0 aliphatic rings. The number of hydrogen-bond donors (Lipinski definition) is 2. The van der Waals surface area contributed by atoms with E-state index in [0.717, 1.165) is 40.1 Å². The Balaban J connectivity index is 1.44. The van der Waals surface area contributed by atoms with Crippen LogP contribution in [-0.4, -0.2) is 18.6 Å². The minimum absolute atomic E-state index is 0.497. The quantitative estimate of drug-likeness (QED) is 0.283. The normalized spacial score (nSPS) is 11.1. The average Bonchev–Trinajstić information content (AvgIpc) is 3.19. The number of nitrogens with one attached hydrogen (secondary N) is 2. The van der Waals surface area contributed by atoms with Crippen LogP contribution in [0, 0.1) is 6.92 Å². The molecule has 0 amide bonds. The number of benzene rings is 3. The Bertz CT molecular complexity index is 1170. The fourth-order valence-electron chi connectivity index (χ4n) is 3.80. The summed E-state index contributed by atoms with van der Waals surface area (Å²) in [6.45, 7) is 4.13. The number of halogens is 1. The molecule has 0 spiro atoms. The Morgan fingerprint density at radius 1 is 1.03 bits per heavy atom. The van der Waals surface area contributed by atoms with Crippen LogP contribution in [0.25, 0.3) is 10.9 Å². The molecule has 4 aromatic rings. The van der Waals surface area contributed by atoms with Crippen molar-refractivity contribution in [3.8, 4) is 11.5 Å². The van der Waals surface area contributed by atoms with Crippen molar-refractivity contribution in [3.05, 3.63) is 93.6 Å². The second-order valence-corrected chi connectivity index (χ2v) is 8.48. The SMILES string of the molecule is COc1ccc(Br)c(CNCCc2c[nH]c3ccccc23)c1OCc1cccc(C)c1. The molecule has 31 heavy (non-hydrogen) atoms. The molecule has 2 N–H and O–H groups in total. The molecule has 0 saturated heterocycles. The molecule has 1 aromatic heterocycles. The molecule has 5 heteroatoms. The first-order valence-electron chi connectivity index (χ1n) is 10.4. The van der Waals surface area contributed by atoms with E-state index in [9.17, 15) is 0 Å². The zero-order valence-electron chi connectivity index (χ0n) is 17.9. The van der Waals surface area contributed by atoms with E-state index < -0.39 is 0 Å². The third kappa shape index (κ3) is 5.12. The number of fused-ring (bicyclic) bond motifs is 1. The molecule has 0 bridgehead atoms. The van der Waals surface area contributed by atoms with Gasteiger partial charge < -0.3 is 19.8 Å². The predicted octanol–water partition coefficient (Wildman–Crippen LogP) is 6.16. The highest BCUT2D eigenvalue weighted by molar-refractivity contribution is 9.10. The van der Waals surface area contributed by atoms with Gasteiger partial charge in [-0.1, -0.05) is 64.0 Å². The fourth-order valence-corrected chi connectivity index (χ4v) is 4.25. The first kappa shape index (κ1) is 21.5. The maximum absolute atomic E-state index is 6.24. The van der Waals surface area contributed by atoms with Crippen LogP contribution in [0.1, 0.15) is 22.3 Å². The second-order valence-electron chi connectivity index (χ2n) is 7.62. The van der Waals surface area contributed by atoms with Gasteiger partial charge in [-0.2, -0.15) is 0 Å². The van der Waals surface area contributed by atoms with Gasteiger partial charge in [0.2, 0.25) is 0 Å². The van der Waals surface area contributed by atoms with Gasteiger partial charge in [0.05, 0.1) is 7.11 Å². The van der Waals surface area contributed by atoms with E-state index in [0.29, 0.717) is 13.2 Å².